The lowest BCUT2D eigenvalue weighted by Gasteiger charge is -2.26. The van der Waals surface area contributed by atoms with Crippen LogP contribution >= 0.6 is 0 Å². The smallest absolute Gasteiger partial charge is 0.291 e. The van der Waals surface area contributed by atoms with Gasteiger partial charge in [0.15, 0.2) is 5.76 Å². The number of nitrogens with zero attached hydrogens (tertiary/aromatic N) is 1. The Balaban J connectivity index is 1.18. The molecular formula is C25H26N2O6S. The maximum Gasteiger partial charge on any atom is 0.291 e. The van der Waals surface area contributed by atoms with Crippen LogP contribution in [0.1, 0.15) is 33.9 Å². The first-order valence-corrected chi connectivity index (χ1v) is 12.8. The Kier molecular flexibility index (Phi) is 6.40. The summed E-state index contributed by atoms with van der Waals surface area (Å²) in [6.07, 6.45) is 3.39. The molecule has 1 aliphatic carbocycles. The number of furan rings is 1. The van der Waals surface area contributed by atoms with Gasteiger partial charge in [0.1, 0.15) is 18.1 Å². The van der Waals surface area contributed by atoms with Gasteiger partial charge in [0.05, 0.1) is 18.1 Å². The third-order valence-electron chi connectivity index (χ3n) is 6.06. The van der Waals surface area contributed by atoms with Crippen molar-refractivity contribution < 1.29 is 27.1 Å². The van der Waals surface area contributed by atoms with Crippen LogP contribution in [0.25, 0.3) is 0 Å². The van der Waals surface area contributed by atoms with E-state index in [1.807, 2.05) is 6.07 Å². The zero-order chi connectivity index (χ0) is 23.5. The summed E-state index contributed by atoms with van der Waals surface area (Å²) in [5.74, 6) is 1.05. The summed E-state index contributed by atoms with van der Waals surface area (Å²) in [5, 5.41) is 2.73. The van der Waals surface area contributed by atoms with E-state index >= 15 is 0 Å². The number of nitrogens with one attached hydrogen (secondary N) is 1. The van der Waals surface area contributed by atoms with Gasteiger partial charge in [-0.2, -0.15) is 4.31 Å². The molecule has 1 aromatic heterocycles. The molecule has 2 aliphatic rings. The summed E-state index contributed by atoms with van der Waals surface area (Å²) >= 11 is 0. The van der Waals surface area contributed by atoms with Crippen LogP contribution in [0.3, 0.4) is 0 Å². The van der Waals surface area contributed by atoms with Crippen molar-refractivity contribution >= 4 is 21.6 Å². The molecule has 3 aromatic rings. The molecular weight excluding hydrogens is 456 g/mol. The predicted octanol–water partition coefficient (Wildman–Crippen LogP) is 3.62. The molecule has 0 radical (unpaired) electrons. The van der Waals surface area contributed by atoms with E-state index in [0.717, 1.165) is 18.6 Å². The second-order valence-corrected chi connectivity index (χ2v) is 10.3. The first-order valence-electron chi connectivity index (χ1n) is 11.3. The SMILES string of the molecule is O=C(Nc1ccc(S(=O)(=O)N2CCOCC2)cc1)c1ccc(COc2ccc3c(c2)CCC3)o1. The Morgan fingerprint density at radius 2 is 1.74 bits per heavy atom. The third-order valence-corrected chi connectivity index (χ3v) is 7.97. The molecule has 0 spiro atoms. The molecule has 0 atom stereocenters. The van der Waals surface area contributed by atoms with Gasteiger partial charge in [0, 0.05) is 18.8 Å². The van der Waals surface area contributed by atoms with Crippen molar-refractivity contribution in [1.29, 1.82) is 0 Å². The van der Waals surface area contributed by atoms with Crippen LogP contribution in [0.2, 0.25) is 0 Å². The molecule has 2 heterocycles. The molecule has 1 amide bonds. The van der Waals surface area contributed by atoms with Gasteiger partial charge in [-0.3, -0.25) is 4.79 Å². The number of fused-ring (bicyclic) bond motifs is 1. The minimum Gasteiger partial charge on any atom is -0.486 e. The second-order valence-electron chi connectivity index (χ2n) is 8.33. The van der Waals surface area contributed by atoms with E-state index in [1.165, 1.54) is 34.0 Å². The molecule has 1 fully saturated rings. The van der Waals surface area contributed by atoms with Gasteiger partial charge in [-0.1, -0.05) is 6.07 Å². The van der Waals surface area contributed by atoms with E-state index in [0.29, 0.717) is 37.8 Å². The number of ether oxygens (including phenoxy) is 2. The molecule has 2 aromatic carbocycles. The quantitative estimate of drug-likeness (QED) is 0.552. The van der Waals surface area contributed by atoms with Crippen LogP contribution in [0.4, 0.5) is 5.69 Å². The van der Waals surface area contributed by atoms with Gasteiger partial charge in [-0.15, -0.1) is 0 Å². The van der Waals surface area contributed by atoms with Gasteiger partial charge >= 0.3 is 0 Å². The van der Waals surface area contributed by atoms with Crippen LogP contribution in [0, 0.1) is 0 Å². The number of carbonyl (C=O) groups excluding carboxylic acids is 1. The zero-order valence-electron chi connectivity index (χ0n) is 18.7. The Labute approximate surface area is 198 Å². The van der Waals surface area contributed by atoms with Crippen molar-refractivity contribution in [3.63, 3.8) is 0 Å². The Morgan fingerprint density at radius 1 is 0.971 bits per heavy atom. The summed E-state index contributed by atoms with van der Waals surface area (Å²) in [5.41, 5.74) is 3.19. The lowest BCUT2D eigenvalue weighted by molar-refractivity contribution is 0.0730. The molecule has 1 aliphatic heterocycles. The van der Waals surface area contributed by atoms with Crippen molar-refractivity contribution in [2.75, 3.05) is 31.6 Å². The van der Waals surface area contributed by atoms with Gasteiger partial charge in [-0.05, 0) is 78.9 Å². The number of anilines is 1. The van der Waals surface area contributed by atoms with E-state index in [1.54, 1.807) is 24.3 Å². The zero-order valence-corrected chi connectivity index (χ0v) is 19.5. The van der Waals surface area contributed by atoms with Crippen LogP contribution in [0.5, 0.6) is 5.75 Å². The number of hydrogen-bond acceptors (Lipinski definition) is 6. The summed E-state index contributed by atoms with van der Waals surface area (Å²) in [6, 6.07) is 15.5. The monoisotopic (exact) mass is 482 g/mol. The number of carbonyl (C=O) groups is 1. The molecule has 178 valence electrons. The number of morpholine rings is 1. The fourth-order valence-corrected chi connectivity index (χ4v) is 5.62. The molecule has 0 bridgehead atoms. The molecule has 5 rings (SSSR count). The highest BCUT2D eigenvalue weighted by Crippen LogP contribution is 2.27. The topological polar surface area (TPSA) is 98.1 Å². The lowest BCUT2D eigenvalue weighted by atomic mass is 10.1. The summed E-state index contributed by atoms with van der Waals surface area (Å²) < 4.78 is 43.5. The fraction of sp³-hybridized carbons (Fsp3) is 0.320. The van der Waals surface area contributed by atoms with Crippen LogP contribution in [-0.4, -0.2) is 44.9 Å². The molecule has 34 heavy (non-hydrogen) atoms. The highest BCUT2D eigenvalue weighted by molar-refractivity contribution is 7.89. The molecule has 0 saturated carbocycles. The molecule has 8 nitrogen and oxygen atoms in total. The lowest BCUT2D eigenvalue weighted by Crippen LogP contribution is -2.40. The first kappa shape index (κ1) is 22.6. The number of amides is 1. The van der Waals surface area contributed by atoms with E-state index in [4.69, 9.17) is 13.9 Å². The number of benzene rings is 2. The average Bonchev–Trinajstić information content (AvgIpc) is 3.53. The van der Waals surface area contributed by atoms with Gasteiger partial charge < -0.3 is 19.2 Å². The molecule has 9 heteroatoms. The maximum absolute atomic E-state index is 12.7. The normalized spacial score (nSPS) is 16.2. The highest BCUT2D eigenvalue weighted by atomic mass is 32.2. The van der Waals surface area contributed by atoms with Crippen molar-refractivity contribution in [3.05, 3.63) is 77.2 Å². The second kappa shape index (κ2) is 9.61. The third kappa shape index (κ3) is 4.86. The van der Waals surface area contributed by atoms with E-state index in [9.17, 15) is 13.2 Å². The molecule has 0 unspecified atom stereocenters. The van der Waals surface area contributed by atoms with Gasteiger partial charge in [0.2, 0.25) is 10.0 Å². The van der Waals surface area contributed by atoms with Gasteiger partial charge in [-0.25, -0.2) is 8.42 Å². The number of hydrogen-bond donors (Lipinski definition) is 1. The Bertz CT molecular complexity index is 1280. The van der Waals surface area contributed by atoms with Crippen molar-refractivity contribution in [1.82, 2.24) is 4.31 Å². The largest absolute Gasteiger partial charge is 0.486 e. The van der Waals surface area contributed by atoms with E-state index in [-0.39, 0.29) is 17.3 Å². The maximum atomic E-state index is 12.7. The molecule has 1 saturated heterocycles. The fourth-order valence-electron chi connectivity index (χ4n) is 4.21. The molecule has 1 N–H and O–H groups in total. The number of aryl methyl sites for hydroxylation is 2. The minimum absolute atomic E-state index is 0.151. The van der Waals surface area contributed by atoms with Crippen LogP contribution < -0.4 is 10.1 Å². The Morgan fingerprint density at radius 3 is 2.53 bits per heavy atom. The number of sulfonamides is 1. The Hall–Kier alpha value is -3.14. The number of rotatable bonds is 7. The van der Waals surface area contributed by atoms with Crippen molar-refractivity contribution in [2.45, 2.75) is 30.8 Å². The summed E-state index contributed by atoms with van der Waals surface area (Å²) in [4.78, 5) is 12.7. The van der Waals surface area contributed by atoms with E-state index < -0.39 is 15.9 Å². The van der Waals surface area contributed by atoms with Crippen molar-refractivity contribution in [2.24, 2.45) is 0 Å². The summed E-state index contributed by atoms with van der Waals surface area (Å²) in [7, 11) is -3.58. The van der Waals surface area contributed by atoms with Crippen molar-refractivity contribution in [3.8, 4) is 5.75 Å². The minimum atomic E-state index is -3.58. The summed E-state index contributed by atoms with van der Waals surface area (Å²) in [6.45, 7) is 1.66. The highest BCUT2D eigenvalue weighted by Gasteiger charge is 2.26. The van der Waals surface area contributed by atoms with Crippen LogP contribution in [-0.2, 0) is 34.2 Å². The van der Waals surface area contributed by atoms with Gasteiger partial charge in [0.25, 0.3) is 5.91 Å². The first-order chi connectivity index (χ1) is 16.5. The standard InChI is InChI=1S/C25H26N2O6S/c28-25(26-20-5-9-23(10-6-20)34(29,30)27-12-14-31-15-13-27)24-11-8-22(33-24)17-32-21-7-4-18-2-1-3-19(18)16-21/h4-11,16H,1-3,12-15,17H2,(H,26,28). The van der Waals surface area contributed by atoms with Crippen LogP contribution in [0.15, 0.2) is 63.9 Å². The predicted molar refractivity (Wildman–Crippen MR) is 125 cm³/mol. The average molecular weight is 483 g/mol. The van der Waals surface area contributed by atoms with E-state index in [2.05, 4.69) is 17.4 Å².